The molecule has 1 fully saturated rings. The maximum absolute atomic E-state index is 11.4. The maximum atomic E-state index is 11.4. The van der Waals surface area contributed by atoms with Gasteiger partial charge in [0.05, 0.1) is 6.54 Å². The number of likely N-dealkylation sites (tertiary alicyclic amines) is 1. The minimum Gasteiger partial charge on any atom is -0.396 e. The van der Waals surface area contributed by atoms with Crippen LogP contribution in [0, 0.1) is 5.92 Å². The van der Waals surface area contributed by atoms with Gasteiger partial charge in [0.1, 0.15) is 0 Å². The van der Waals surface area contributed by atoms with Gasteiger partial charge < -0.3 is 15.7 Å². The number of piperidine rings is 1. The summed E-state index contributed by atoms with van der Waals surface area (Å²) in [5, 5.41) is 9.06. The van der Waals surface area contributed by atoms with Gasteiger partial charge in [-0.05, 0) is 19.8 Å². The third-order valence-electron chi connectivity index (χ3n) is 2.88. The molecule has 0 unspecified atom stereocenters. The first kappa shape index (κ1) is 10.5. The van der Waals surface area contributed by atoms with E-state index >= 15 is 0 Å². The molecule has 1 rings (SSSR count). The lowest BCUT2D eigenvalue weighted by Crippen LogP contribution is -2.49. The summed E-state index contributed by atoms with van der Waals surface area (Å²) < 4.78 is 0. The topological polar surface area (TPSA) is 66.6 Å². The molecule has 76 valence electrons. The summed E-state index contributed by atoms with van der Waals surface area (Å²) in [6, 6.07) is 0.134. The first-order chi connectivity index (χ1) is 6.20. The molecule has 1 saturated heterocycles. The van der Waals surface area contributed by atoms with Gasteiger partial charge in [-0.25, -0.2) is 0 Å². The second kappa shape index (κ2) is 4.58. The molecule has 0 aromatic rings. The number of hydrogen-bond donors (Lipinski definition) is 2. The van der Waals surface area contributed by atoms with Crippen molar-refractivity contribution in [3.05, 3.63) is 0 Å². The number of hydrogen-bond acceptors (Lipinski definition) is 3. The van der Waals surface area contributed by atoms with Gasteiger partial charge in [0.2, 0.25) is 5.91 Å². The summed E-state index contributed by atoms with van der Waals surface area (Å²) >= 11 is 0. The van der Waals surface area contributed by atoms with E-state index in [-0.39, 0.29) is 31.0 Å². The third kappa shape index (κ3) is 2.19. The van der Waals surface area contributed by atoms with Crippen molar-refractivity contribution in [2.24, 2.45) is 11.7 Å². The van der Waals surface area contributed by atoms with Crippen LogP contribution in [0.3, 0.4) is 0 Å². The van der Waals surface area contributed by atoms with E-state index in [2.05, 4.69) is 0 Å². The van der Waals surface area contributed by atoms with E-state index in [1.807, 2.05) is 6.92 Å². The zero-order valence-electron chi connectivity index (χ0n) is 8.07. The molecule has 4 nitrogen and oxygen atoms in total. The minimum atomic E-state index is -0.00866. The smallest absolute Gasteiger partial charge is 0.236 e. The van der Waals surface area contributed by atoms with Gasteiger partial charge in [-0.2, -0.15) is 0 Å². The molecule has 13 heavy (non-hydrogen) atoms. The summed E-state index contributed by atoms with van der Waals surface area (Å²) in [5.41, 5.74) is 5.30. The molecule has 0 spiro atoms. The average molecular weight is 186 g/mol. The maximum Gasteiger partial charge on any atom is 0.236 e. The summed E-state index contributed by atoms with van der Waals surface area (Å²) in [5.74, 6) is 0.218. The molecule has 1 aliphatic rings. The van der Waals surface area contributed by atoms with Gasteiger partial charge in [0.15, 0.2) is 0 Å². The number of nitrogens with two attached hydrogens (primary N) is 1. The molecule has 0 saturated carbocycles. The molecular weight excluding hydrogens is 168 g/mol. The van der Waals surface area contributed by atoms with Crippen molar-refractivity contribution < 1.29 is 9.90 Å². The van der Waals surface area contributed by atoms with Crippen LogP contribution in [-0.4, -0.2) is 41.7 Å². The number of rotatable bonds is 2. The fourth-order valence-electron chi connectivity index (χ4n) is 1.94. The highest BCUT2D eigenvalue weighted by atomic mass is 16.3. The van der Waals surface area contributed by atoms with Gasteiger partial charge in [-0.3, -0.25) is 4.79 Å². The van der Waals surface area contributed by atoms with E-state index in [4.69, 9.17) is 10.8 Å². The van der Waals surface area contributed by atoms with Crippen LogP contribution in [0.4, 0.5) is 0 Å². The molecule has 0 aliphatic carbocycles. The molecule has 0 radical (unpaired) electrons. The summed E-state index contributed by atoms with van der Waals surface area (Å²) in [7, 11) is 0. The number of aliphatic hydroxyl groups excluding tert-OH is 1. The average Bonchev–Trinajstić information content (AvgIpc) is 2.17. The van der Waals surface area contributed by atoms with Crippen LogP contribution in [0.1, 0.15) is 19.8 Å². The standard InChI is InChI=1S/C9H18N2O2/c1-7-8(6-12)3-2-4-11(7)9(13)5-10/h7-8,12H,2-6,10H2,1H3/t7-,8+/m0/s1. The lowest BCUT2D eigenvalue weighted by Gasteiger charge is -2.38. The van der Waals surface area contributed by atoms with Crippen LogP contribution in [0.2, 0.25) is 0 Å². The molecule has 2 atom stereocenters. The fraction of sp³-hybridized carbons (Fsp3) is 0.889. The van der Waals surface area contributed by atoms with Crippen molar-refractivity contribution in [2.75, 3.05) is 19.7 Å². The largest absolute Gasteiger partial charge is 0.396 e. The van der Waals surface area contributed by atoms with Crippen molar-refractivity contribution in [3.63, 3.8) is 0 Å². The van der Waals surface area contributed by atoms with Crippen LogP contribution in [0.5, 0.6) is 0 Å². The van der Waals surface area contributed by atoms with E-state index in [9.17, 15) is 4.79 Å². The fourth-order valence-corrected chi connectivity index (χ4v) is 1.94. The zero-order valence-corrected chi connectivity index (χ0v) is 8.07. The zero-order chi connectivity index (χ0) is 9.84. The van der Waals surface area contributed by atoms with E-state index in [1.165, 1.54) is 0 Å². The van der Waals surface area contributed by atoms with Gasteiger partial charge in [0.25, 0.3) is 0 Å². The molecule has 4 heteroatoms. The van der Waals surface area contributed by atoms with Crippen LogP contribution in [0.15, 0.2) is 0 Å². The molecule has 0 aromatic heterocycles. The van der Waals surface area contributed by atoms with E-state index in [0.717, 1.165) is 19.4 Å². The third-order valence-corrected chi connectivity index (χ3v) is 2.88. The Labute approximate surface area is 78.7 Å². The number of amides is 1. The number of carbonyl (C=O) groups is 1. The minimum absolute atomic E-state index is 0.00866. The second-order valence-electron chi connectivity index (χ2n) is 3.62. The van der Waals surface area contributed by atoms with Crippen molar-refractivity contribution in [3.8, 4) is 0 Å². The molecule has 3 N–H and O–H groups in total. The number of carbonyl (C=O) groups excluding carboxylic acids is 1. The molecule has 1 heterocycles. The molecule has 1 amide bonds. The predicted octanol–water partition coefficient (Wildman–Crippen LogP) is -0.435. The quantitative estimate of drug-likeness (QED) is 0.614. The predicted molar refractivity (Wildman–Crippen MR) is 50.0 cm³/mol. The lowest BCUT2D eigenvalue weighted by molar-refractivity contribution is -0.134. The van der Waals surface area contributed by atoms with Crippen LogP contribution >= 0.6 is 0 Å². The highest BCUT2D eigenvalue weighted by molar-refractivity contribution is 5.78. The second-order valence-corrected chi connectivity index (χ2v) is 3.62. The van der Waals surface area contributed by atoms with E-state index < -0.39 is 0 Å². The first-order valence-electron chi connectivity index (χ1n) is 4.81. The summed E-state index contributed by atoms with van der Waals surface area (Å²) in [4.78, 5) is 13.1. The molecule has 0 bridgehead atoms. The summed E-state index contributed by atoms with van der Waals surface area (Å²) in [6.07, 6.45) is 1.98. The van der Waals surface area contributed by atoms with Crippen molar-refractivity contribution in [1.29, 1.82) is 0 Å². The number of aliphatic hydroxyl groups is 1. The monoisotopic (exact) mass is 186 g/mol. The van der Waals surface area contributed by atoms with Gasteiger partial charge in [-0.15, -0.1) is 0 Å². The van der Waals surface area contributed by atoms with Crippen molar-refractivity contribution in [1.82, 2.24) is 4.90 Å². The molecular formula is C9H18N2O2. The number of nitrogens with zero attached hydrogens (tertiary/aromatic N) is 1. The van der Waals surface area contributed by atoms with Crippen molar-refractivity contribution in [2.45, 2.75) is 25.8 Å². The van der Waals surface area contributed by atoms with Crippen LogP contribution in [0.25, 0.3) is 0 Å². The van der Waals surface area contributed by atoms with E-state index in [1.54, 1.807) is 4.90 Å². The Balaban J connectivity index is 2.59. The Bertz CT molecular complexity index is 184. The Hall–Kier alpha value is -0.610. The Morgan fingerprint density at radius 1 is 1.69 bits per heavy atom. The highest BCUT2D eigenvalue weighted by Crippen LogP contribution is 2.22. The highest BCUT2D eigenvalue weighted by Gasteiger charge is 2.29. The normalized spacial score (nSPS) is 29.0. The van der Waals surface area contributed by atoms with Crippen LogP contribution in [-0.2, 0) is 4.79 Å². The molecule has 1 aliphatic heterocycles. The Morgan fingerprint density at radius 3 is 2.92 bits per heavy atom. The first-order valence-corrected chi connectivity index (χ1v) is 4.81. The van der Waals surface area contributed by atoms with Gasteiger partial charge in [0, 0.05) is 25.1 Å². The van der Waals surface area contributed by atoms with E-state index in [0.29, 0.717) is 0 Å². The Morgan fingerprint density at radius 2 is 2.38 bits per heavy atom. The lowest BCUT2D eigenvalue weighted by atomic mass is 9.91. The SMILES string of the molecule is C[C@H]1[C@@H](CO)CCCN1C(=O)CN. The van der Waals surface area contributed by atoms with Gasteiger partial charge in [-0.1, -0.05) is 0 Å². The van der Waals surface area contributed by atoms with Crippen molar-refractivity contribution >= 4 is 5.91 Å². The van der Waals surface area contributed by atoms with Crippen LogP contribution < -0.4 is 5.73 Å². The molecule has 0 aromatic carbocycles. The van der Waals surface area contributed by atoms with Gasteiger partial charge >= 0.3 is 0 Å². The Kier molecular flexibility index (Phi) is 3.69. The summed E-state index contributed by atoms with van der Waals surface area (Å²) in [6.45, 7) is 3.00.